The average molecular weight is 552 g/mol. The zero-order chi connectivity index (χ0) is 26.3. The van der Waals surface area contributed by atoms with Crippen LogP contribution in [0.1, 0.15) is 46.3 Å². The van der Waals surface area contributed by atoms with Crippen LogP contribution in [-0.4, -0.2) is 42.0 Å². The second-order valence-electron chi connectivity index (χ2n) is 8.91. The van der Waals surface area contributed by atoms with Gasteiger partial charge in [-0.3, -0.25) is 0 Å². The van der Waals surface area contributed by atoms with Crippen molar-refractivity contribution in [3.05, 3.63) is 82.2 Å². The molecule has 2 aliphatic rings. The van der Waals surface area contributed by atoms with Crippen molar-refractivity contribution in [1.29, 1.82) is 0 Å². The number of nitrogens with one attached hydrogen (secondary N) is 1. The number of piperazine rings is 1. The number of carbonyl (C=O) groups is 1. The van der Waals surface area contributed by atoms with E-state index < -0.39 is 47.4 Å². The Morgan fingerprint density at radius 3 is 2.16 bits per heavy atom. The maximum Gasteiger partial charge on any atom is 0.416 e. The molecule has 1 N–H and O–H groups in total. The van der Waals surface area contributed by atoms with Gasteiger partial charge in [0.15, 0.2) is 0 Å². The third-order valence-corrected chi connectivity index (χ3v) is 6.52. The van der Waals surface area contributed by atoms with Gasteiger partial charge in [-0.15, -0.1) is 12.4 Å². The first-order valence-electron chi connectivity index (χ1n) is 11.3. The number of urea groups is 1. The molecule has 12 heteroatoms. The van der Waals surface area contributed by atoms with Gasteiger partial charge in [0.2, 0.25) is 0 Å². The molecule has 37 heavy (non-hydrogen) atoms. The van der Waals surface area contributed by atoms with E-state index in [1.807, 2.05) is 0 Å². The number of halogens is 8. The van der Waals surface area contributed by atoms with Gasteiger partial charge in [-0.25, -0.2) is 9.18 Å². The topological polar surface area (TPSA) is 35.6 Å². The Bertz CT molecular complexity index is 1130. The molecule has 4 nitrogen and oxygen atoms in total. The van der Waals surface area contributed by atoms with Crippen LogP contribution in [0, 0.1) is 12.7 Å². The van der Waals surface area contributed by atoms with E-state index in [0.29, 0.717) is 36.3 Å². The monoisotopic (exact) mass is 551 g/mol. The molecule has 2 aliphatic heterocycles. The molecule has 0 saturated carbocycles. The van der Waals surface area contributed by atoms with Crippen molar-refractivity contribution in [1.82, 2.24) is 15.1 Å². The number of carbonyl (C=O) groups excluding carboxylic acids is 1. The fourth-order valence-corrected chi connectivity index (χ4v) is 4.76. The van der Waals surface area contributed by atoms with Gasteiger partial charge in [0.05, 0.1) is 23.2 Å². The average Bonchev–Trinajstić information content (AvgIpc) is 2.82. The Morgan fingerprint density at radius 1 is 0.919 bits per heavy atom. The van der Waals surface area contributed by atoms with Gasteiger partial charge in [0, 0.05) is 26.2 Å². The Morgan fingerprint density at radius 2 is 1.57 bits per heavy atom. The molecule has 2 amide bonds. The lowest BCUT2D eigenvalue weighted by molar-refractivity contribution is -0.143. The van der Waals surface area contributed by atoms with Gasteiger partial charge >= 0.3 is 18.4 Å². The first kappa shape index (κ1) is 28.8. The Labute approximate surface area is 215 Å². The van der Waals surface area contributed by atoms with Gasteiger partial charge in [0.1, 0.15) is 5.82 Å². The maximum absolute atomic E-state index is 13.7. The van der Waals surface area contributed by atoms with Crippen LogP contribution >= 0.6 is 12.4 Å². The van der Waals surface area contributed by atoms with Crippen LogP contribution in [0.15, 0.2) is 48.6 Å². The minimum Gasteiger partial charge on any atom is -0.315 e. The van der Waals surface area contributed by atoms with Gasteiger partial charge in [-0.05, 0) is 60.4 Å². The zero-order valence-corrected chi connectivity index (χ0v) is 20.5. The third kappa shape index (κ3) is 6.20. The Balaban J connectivity index is 0.00000380. The number of rotatable bonds is 2. The molecule has 4 rings (SSSR count). The first-order chi connectivity index (χ1) is 16.9. The summed E-state index contributed by atoms with van der Waals surface area (Å²) >= 11 is 0. The normalized spacial score (nSPS) is 20.5. The summed E-state index contributed by atoms with van der Waals surface area (Å²) in [6, 6.07) is 3.65. The summed E-state index contributed by atoms with van der Waals surface area (Å²) in [6.07, 6.45) is -6.61. The van der Waals surface area contributed by atoms with Crippen LogP contribution in [0.4, 0.5) is 35.5 Å². The van der Waals surface area contributed by atoms with Crippen molar-refractivity contribution in [3.8, 4) is 0 Å². The second-order valence-corrected chi connectivity index (χ2v) is 8.91. The lowest BCUT2D eigenvalue weighted by atomic mass is 9.94. The molecule has 0 aromatic heterocycles. The van der Waals surface area contributed by atoms with Crippen LogP contribution < -0.4 is 5.32 Å². The van der Waals surface area contributed by atoms with Gasteiger partial charge in [0.25, 0.3) is 0 Å². The molecule has 0 aliphatic carbocycles. The summed E-state index contributed by atoms with van der Waals surface area (Å²) < 4.78 is 94.4. The molecule has 1 unspecified atom stereocenters. The van der Waals surface area contributed by atoms with Crippen molar-refractivity contribution in [3.63, 3.8) is 0 Å². The van der Waals surface area contributed by atoms with E-state index in [9.17, 15) is 35.5 Å². The fraction of sp³-hybridized carbons (Fsp3) is 0.400. The quantitative estimate of drug-likeness (QED) is 0.334. The van der Waals surface area contributed by atoms with Gasteiger partial charge in [-0.2, -0.15) is 26.3 Å². The van der Waals surface area contributed by atoms with E-state index >= 15 is 0 Å². The number of amides is 2. The van der Waals surface area contributed by atoms with Crippen molar-refractivity contribution >= 4 is 18.4 Å². The van der Waals surface area contributed by atoms with E-state index in [4.69, 9.17) is 0 Å². The predicted molar refractivity (Wildman–Crippen MR) is 126 cm³/mol. The van der Waals surface area contributed by atoms with E-state index in [1.165, 1.54) is 17.0 Å². The van der Waals surface area contributed by atoms with Crippen LogP contribution in [0.5, 0.6) is 0 Å². The number of hydrogen-bond acceptors (Lipinski definition) is 2. The smallest absolute Gasteiger partial charge is 0.315 e. The third-order valence-electron chi connectivity index (χ3n) is 6.52. The molecule has 2 atom stereocenters. The molecule has 2 heterocycles. The summed E-state index contributed by atoms with van der Waals surface area (Å²) in [6.45, 7) is 2.83. The minimum atomic E-state index is -4.99. The van der Waals surface area contributed by atoms with Crippen molar-refractivity contribution < 1.29 is 35.5 Å². The summed E-state index contributed by atoms with van der Waals surface area (Å²) in [5, 5.41) is 3.18. The molecule has 0 bridgehead atoms. The lowest BCUT2D eigenvalue weighted by Gasteiger charge is -2.43. The van der Waals surface area contributed by atoms with Gasteiger partial charge in [-0.1, -0.05) is 18.2 Å². The highest BCUT2D eigenvalue weighted by Gasteiger charge is 2.40. The second kappa shape index (κ2) is 10.9. The number of benzene rings is 2. The highest BCUT2D eigenvalue weighted by Crippen LogP contribution is 2.40. The first-order valence-corrected chi connectivity index (χ1v) is 11.3. The number of nitrogens with zero attached hydrogens (tertiary/aromatic N) is 2. The lowest BCUT2D eigenvalue weighted by Crippen LogP contribution is -2.54. The number of hydrogen-bond donors (Lipinski definition) is 1. The van der Waals surface area contributed by atoms with Gasteiger partial charge < -0.3 is 15.1 Å². The van der Waals surface area contributed by atoms with E-state index in [1.54, 1.807) is 30.0 Å². The standard InChI is InChI=1S/C25H24F7N3O.ClH/c1-15-10-19(26)5-6-20(15)22-14-33-7-9-35(22)23(36)34-8-3-2-4-21(34)16-11-17(24(27,28)29)13-18(12-16)25(30,31)32;/h2-3,5-6,10-13,21-22,33H,4,7-9,14H2,1H3;1H/t21?,22-;/m1./s1. The van der Waals surface area contributed by atoms with Crippen molar-refractivity contribution in [2.75, 3.05) is 26.2 Å². The Kier molecular flexibility index (Phi) is 8.48. The molecule has 1 saturated heterocycles. The van der Waals surface area contributed by atoms with E-state index in [-0.39, 0.29) is 43.5 Å². The molecule has 1 fully saturated rings. The SMILES string of the molecule is Cc1cc(F)ccc1[C@H]1CNCCN1C(=O)N1CC=CCC1c1cc(C(F)(F)F)cc(C(F)(F)F)c1.Cl. The van der Waals surface area contributed by atoms with E-state index in [2.05, 4.69) is 5.32 Å². The molecule has 202 valence electrons. The summed E-state index contributed by atoms with van der Waals surface area (Å²) in [5.74, 6) is -0.427. The summed E-state index contributed by atoms with van der Waals surface area (Å²) in [5.41, 5.74) is -1.74. The maximum atomic E-state index is 13.7. The minimum absolute atomic E-state index is 0. The molecule has 0 spiro atoms. The number of alkyl halides is 6. The molecule has 2 aromatic carbocycles. The fourth-order valence-electron chi connectivity index (χ4n) is 4.76. The highest BCUT2D eigenvalue weighted by molar-refractivity contribution is 5.85. The Hall–Kier alpha value is -2.79. The molecular formula is C25H25ClF7N3O. The van der Waals surface area contributed by atoms with Crippen LogP contribution in [0.25, 0.3) is 0 Å². The van der Waals surface area contributed by atoms with Crippen LogP contribution in [-0.2, 0) is 12.4 Å². The molecule has 0 radical (unpaired) electrons. The molecule has 2 aromatic rings. The summed E-state index contributed by atoms with van der Waals surface area (Å²) in [7, 11) is 0. The van der Waals surface area contributed by atoms with Crippen molar-refractivity contribution in [2.45, 2.75) is 37.8 Å². The van der Waals surface area contributed by atoms with Crippen molar-refractivity contribution in [2.24, 2.45) is 0 Å². The highest BCUT2D eigenvalue weighted by atomic mass is 35.5. The zero-order valence-electron chi connectivity index (χ0n) is 19.7. The number of aryl methyl sites for hydroxylation is 1. The molecular weight excluding hydrogens is 527 g/mol. The van der Waals surface area contributed by atoms with E-state index in [0.717, 1.165) is 0 Å². The summed E-state index contributed by atoms with van der Waals surface area (Å²) in [4.78, 5) is 16.6. The van der Waals surface area contributed by atoms with Crippen LogP contribution in [0.3, 0.4) is 0 Å². The predicted octanol–water partition coefficient (Wildman–Crippen LogP) is 6.66. The van der Waals surface area contributed by atoms with Crippen LogP contribution in [0.2, 0.25) is 0 Å². The largest absolute Gasteiger partial charge is 0.416 e.